The number of anilines is 1. The molecular weight excluding hydrogens is 438 g/mol. The first kappa shape index (κ1) is 25.1. The Morgan fingerprint density at radius 2 is 1.70 bits per heavy atom. The normalized spacial score (nSPS) is 15.2. The highest BCUT2D eigenvalue weighted by atomic mass is 32.2. The maximum absolute atomic E-state index is 12.6. The molecule has 3 rings (SSSR count). The van der Waals surface area contributed by atoms with Gasteiger partial charge in [0.1, 0.15) is 5.75 Å². The molecule has 8 heteroatoms. The summed E-state index contributed by atoms with van der Waals surface area (Å²) in [5, 5.41) is 2.94. The van der Waals surface area contributed by atoms with E-state index in [2.05, 4.69) is 21.9 Å². The maximum Gasteiger partial charge on any atom is 0.261 e. The second-order valence-electron chi connectivity index (χ2n) is 8.57. The van der Waals surface area contributed by atoms with Crippen molar-refractivity contribution < 1.29 is 17.9 Å². The van der Waals surface area contributed by atoms with Crippen LogP contribution in [0, 0.1) is 5.92 Å². The molecule has 0 aliphatic carbocycles. The van der Waals surface area contributed by atoms with E-state index in [0.717, 1.165) is 25.3 Å². The Morgan fingerprint density at radius 3 is 2.33 bits per heavy atom. The highest BCUT2D eigenvalue weighted by molar-refractivity contribution is 7.92. The van der Waals surface area contributed by atoms with Gasteiger partial charge in [-0.05, 0) is 107 Å². The summed E-state index contributed by atoms with van der Waals surface area (Å²) in [6, 6.07) is 12.7. The summed E-state index contributed by atoms with van der Waals surface area (Å²) in [6.07, 6.45) is 4.57. The number of carbonyl (C=O) groups excluding carboxylic acids is 1. The fraction of sp³-hybridized carbons (Fsp3) is 0.480. The number of likely N-dealkylation sites (tertiary alicyclic amines) is 1. The lowest BCUT2D eigenvalue weighted by Crippen LogP contribution is -2.34. The van der Waals surface area contributed by atoms with Gasteiger partial charge in [0.15, 0.2) is 0 Å². The smallest absolute Gasteiger partial charge is 0.261 e. The van der Waals surface area contributed by atoms with Gasteiger partial charge in [0.05, 0.1) is 11.5 Å². The van der Waals surface area contributed by atoms with Gasteiger partial charge < -0.3 is 15.0 Å². The molecule has 1 amide bonds. The number of rotatable bonds is 11. The summed E-state index contributed by atoms with van der Waals surface area (Å²) in [6.45, 7) is 8.79. The van der Waals surface area contributed by atoms with E-state index in [9.17, 15) is 13.2 Å². The van der Waals surface area contributed by atoms with Gasteiger partial charge in [-0.15, -0.1) is 0 Å². The molecule has 0 unspecified atom stereocenters. The number of amides is 1. The van der Waals surface area contributed by atoms with Crippen molar-refractivity contribution in [1.29, 1.82) is 0 Å². The van der Waals surface area contributed by atoms with Crippen molar-refractivity contribution in [2.45, 2.75) is 44.4 Å². The van der Waals surface area contributed by atoms with Crippen LogP contribution in [0.3, 0.4) is 0 Å². The van der Waals surface area contributed by atoms with Crippen LogP contribution in [-0.2, 0) is 10.0 Å². The van der Waals surface area contributed by atoms with Crippen LogP contribution in [0.2, 0.25) is 0 Å². The van der Waals surface area contributed by atoms with Gasteiger partial charge in [0.25, 0.3) is 15.9 Å². The number of nitrogens with zero attached hydrogens (tertiary/aromatic N) is 1. The first-order valence-corrected chi connectivity index (χ1v) is 13.2. The molecule has 1 fully saturated rings. The average Bonchev–Trinajstić information content (AvgIpc) is 2.81. The molecule has 33 heavy (non-hydrogen) atoms. The van der Waals surface area contributed by atoms with Crippen molar-refractivity contribution >= 4 is 21.6 Å². The van der Waals surface area contributed by atoms with Crippen LogP contribution in [0.4, 0.5) is 5.69 Å². The fourth-order valence-corrected chi connectivity index (χ4v) is 4.89. The van der Waals surface area contributed by atoms with Crippen LogP contribution in [-0.4, -0.2) is 52.0 Å². The molecule has 7 nitrogen and oxygen atoms in total. The topological polar surface area (TPSA) is 87.7 Å². The number of nitrogens with one attached hydrogen (secondary N) is 2. The van der Waals surface area contributed by atoms with Crippen LogP contribution in [0.15, 0.2) is 53.4 Å². The highest BCUT2D eigenvalue weighted by Crippen LogP contribution is 2.20. The van der Waals surface area contributed by atoms with Crippen molar-refractivity contribution in [3.05, 3.63) is 54.1 Å². The lowest BCUT2D eigenvalue weighted by molar-refractivity contribution is 0.0952. The monoisotopic (exact) mass is 473 g/mol. The number of piperidine rings is 1. The summed E-state index contributed by atoms with van der Waals surface area (Å²) in [7, 11) is -3.72. The Kier molecular flexibility index (Phi) is 9.14. The molecule has 1 aliphatic heterocycles. The van der Waals surface area contributed by atoms with Gasteiger partial charge in [-0.25, -0.2) is 8.42 Å². The lowest BCUT2D eigenvalue weighted by Gasteiger charge is -2.30. The molecule has 2 N–H and O–H groups in total. The zero-order chi connectivity index (χ0) is 23.7. The summed E-state index contributed by atoms with van der Waals surface area (Å²) < 4.78 is 33.1. The third kappa shape index (κ3) is 7.75. The first-order valence-electron chi connectivity index (χ1n) is 11.7. The molecule has 180 valence electrons. The van der Waals surface area contributed by atoms with Crippen LogP contribution in [0.25, 0.3) is 0 Å². The molecule has 2 aromatic carbocycles. The molecule has 1 saturated heterocycles. The minimum absolute atomic E-state index is 0.145. The summed E-state index contributed by atoms with van der Waals surface area (Å²) >= 11 is 0. The third-order valence-electron chi connectivity index (χ3n) is 5.91. The van der Waals surface area contributed by atoms with E-state index >= 15 is 0 Å². The Balaban J connectivity index is 1.42. The van der Waals surface area contributed by atoms with E-state index in [1.807, 2.05) is 6.92 Å². The molecule has 2 aromatic rings. The van der Waals surface area contributed by atoms with E-state index in [1.165, 1.54) is 38.1 Å². The molecule has 0 bridgehead atoms. The second-order valence-corrected chi connectivity index (χ2v) is 10.3. The fourth-order valence-electron chi connectivity index (χ4n) is 3.84. The summed E-state index contributed by atoms with van der Waals surface area (Å²) in [4.78, 5) is 15.0. The average molecular weight is 474 g/mol. The van der Waals surface area contributed by atoms with E-state index in [4.69, 9.17) is 4.74 Å². The maximum atomic E-state index is 12.6. The van der Waals surface area contributed by atoms with Crippen LogP contribution >= 0.6 is 0 Å². The number of carbonyl (C=O) groups is 1. The van der Waals surface area contributed by atoms with Crippen molar-refractivity contribution in [3.8, 4) is 5.75 Å². The number of ether oxygens (including phenoxy) is 1. The predicted octanol–water partition coefficient (Wildman–Crippen LogP) is 4.13. The second kappa shape index (κ2) is 12.0. The Morgan fingerprint density at radius 1 is 1.03 bits per heavy atom. The van der Waals surface area contributed by atoms with Gasteiger partial charge in [0, 0.05) is 17.8 Å². The van der Waals surface area contributed by atoms with Gasteiger partial charge in [-0.2, -0.15) is 0 Å². The third-order valence-corrected chi connectivity index (χ3v) is 7.30. The SMILES string of the molecule is CCOc1ccc(S(=O)(=O)Nc2ccc(C(=O)NCCCCN3CCC(C)CC3)cc2)cc1. The standard InChI is InChI=1S/C25H35N3O4S/c1-3-32-23-10-12-24(13-11-23)33(30,31)27-22-8-6-21(7-9-22)25(29)26-16-4-5-17-28-18-14-20(2)15-19-28/h6-13,20,27H,3-5,14-19H2,1-2H3,(H,26,29). The molecule has 0 aromatic heterocycles. The molecule has 0 radical (unpaired) electrons. The molecular formula is C25H35N3O4S. The van der Waals surface area contributed by atoms with E-state index in [1.54, 1.807) is 36.4 Å². The number of unbranched alkanes of at least 4 members (excludes halogenated alkanes) is 1. The first-order chi connectivity index (χ1) is 15.9. The van der Waals surface area contributed by atoms with E-state index in [-0.39, 0.29) is 10.8 Å². The minimum Gasteiger partial charge on any atom is -0.494 e. The zero-order valence-electron chi connectivity index (χ0n) is 19.5. The Labute approximate surface area is 197 Å². The largest absolute Gasteiger partial charge is 0.494 e. The van der Waals surface area contributed by atoms with Crippen molar-refractivity contribution in [1.82, 2.24) is 10.2 Å². The number of sulfonamides is 1. The van der Waals surface area contributed by atoms with Gasteiger partial charge in [-0.1, -0.05) is 6.92 Å². The minimum atomic E-state index is -3.72. The lowest BCUT2D eigenvalue weighted by atomic mass is 9.99. The summed E-state index contributed by atoms with van der Waals surface area (Å²) in [5.74, 6) is 1.31. The van der Waals surface area contributed by atoms with Gasteiger partial charge in [0.2, 0.25) is 0 Å². The molecule has 0 atom stereocenters. The quantitative estimate of drug-likeness (QED) is 0.479. The van der Waals surface area contributed by atoms with Crippen molar-refractivity contribution in [2.75, 3.05) is 37.5 Å². The highest BCUT2D eigenvalue weighted by Gasteiger charge is 2.16. The van der Waals surface area contributed by atoms with E-state index in [0.29, 0.717) is 30.2 Å². The number of benzene rings is 2. The molecule has 1 aliphatic rings. The Bertz CT molecular complexity index is 983. The van der Waals surface area contributed by atoms with E-state index < -0.39 is 10.0 Å². The van der Waals surface area contributed by atoms with Gasteiger partial charge >= 0.3 is 0 Å². The van der Waals surface area contributed by atoms with Crippen molar-refractivity contribution in [3.63, 3.8) is 0 Å². The molecule has 0 saturated carbocycles. The Hall–Kier alpha value is -2.58. The predicted molar refractivity (Wildman–Crippen MR) is 131 cm³/mol. The molecule has 0 spiro atoms. The van der Waals surface area contributed by atoms with Crippen LogP contribution in [0.5, 0.6) is 5.75 Å². The molecule has 1 heterocycles. The van der Waals surface area contributed by atoms with Crippen LogP contribution < -0.4 is 14.8 Å². The van der Waals surface area contributed by atoms with Gasteiger partial charge in [-0.3, -0.25) is 9.52 Å². The van der Waals surface area contributed by atoms with Crippen LogP contribution in [0.1, 0.15) is 49.9 Å². The zero-order valence-corrected chi connectivity index (χ0v) is 20.4. The number of hydrogen-bond donors (Lipinski definition) is 2. The van der Waals surface area contributed by atoms with Crippen molar-refractivity contribution in [2.24, 2.45) is 5.92 Å². The summed E-state index contributed by atoms with van der Waals surface area (Å²) in [5.41, 5.74) is 0.903. The number of hydrogen-bond acceptors (Lipinski definition) is 5.